The van der Waals surface area contributed by atoms with E-state index in [4.69, 9.17) is 0 Å². The lowest BCUT2D eigenvalue weighted by molar-refractivity contribution is 0.572. The molecule has 1 atom stereocenters. The molecule has 3 aromatic rings. The number of rotatable bonds is 7. The van der Waals surface area contributed by atoms with Gasteiger partial charge < -0.3 is 0 Å². The zero-order valence-electron chi connectivity index (χ0n) is 18.5. The molecule has 0 unspecified atom stereocenters. The van der Waals surface area contributed by atoms with Crippen molar-refractivity contribution in [3.63, 3.8) is 0 Å². The summed E-state index contributed by atoms with van der Waals surface area (Å²) in [6, 6.07) is 29.4. The average Bonchev–Trinajstić information content (AvgIpc) is 2.78. The monoisotopic (exact) mass is 443 g/mol. The van der Waals surface area contributed by atoms with Gasteiger partial charge >= 0.3 is 0 Å². The Morgan fingerprint density at radius 2 is 1.32 bits per heavy atom. The fourth-order valence-electron chi connectivity index (χ4n) is 3.18. The van der Waals surface area contributed by atoms with Crippen LogP contribution in [-0.4, -0.2) is 14.1 Å². The molecule has 3 aromatic carbocycles. The highest BCUT2D eigenvalue weighted by Crippen LogP contribution is 2.39. The molecule has 0 amide bonds. The van der Waals surface area contributed by atoms with Gasteiger partial charge in [-0.1, -0.05) is 98.5 Å². The summed E-state index contributed by atoms with van der Waals surface area (Å²) in [6.07, 6.45) is 4.78. The maximum Gasteiger partial charge on any atom is 0.205 e. The molecule has 2 nitrogen and oxygen atoms in total. The lowest BCUT2D eigenvalue weighted by atomic mass is 10.1. The summed E-state index contributed by atoms with van der Waals surface area (Å²) in [6.45, 7) is 6.71. The maximum absolute atomic E-state index is 14.4. The quantitative estimate of drug-likeness (QED) is 0.282. The highest BCUT2D eigenvalue weighted by Gasteiger charge is 2.29. The molecule has 0 aromatic heterocycles. The summed E-state index contributed by atoms with van der Waals surface area (Å²) < 4.78 is 14.4. The normalized spacial score (nSPS) is 12.9. The predicted octanol–water partition coefficient (Wildman–Crippen LogP) is 5.86. The summed E-state index contributed by atoms with van der Waals surface area (Å²) in [5.41, 5.74) is 4.55. The van der Waals surface area contributed by atoms with E-state index in [9.17, 15) is 4.57 Å². The van der Waals surface area contributed by atoms with Gasteiger partial charge in [-0.25, -0.2) is 0 Å². The molecule has 0 saturated carbocycles. The van der Waals surface area contributed by atoms with Crippen molar-refractivity contribution in [3.8, 4) is 11.5 Å². The zero-order valence-corrected chi connectivity index (χ0v) is 20.3. The van der Waals surface area contributed by atoms with Crippen LogP contribution >= 0.6 is 7.29 Å². The molecule has 0 bridgehead atoms. The first-order chi connectivity index (χ1) is 14.9. The third-order valence-electron chi connectivity index (χ3n) is 4.69. The predicted molar refractivity (Wildman–Crippen MR) is 138 cm³/mol. The Kier molecular flexibility index (Phi) is 7.88. The SMILES string of the molecule is C[Si](C)(C)C#CC[C@@H](/C=C/c1ccccc1)NP(=O)(c1ccccc1)c1ccccc1. The lowest BCUT2D eigenvalue weighted by Crippen LogP contribution is -2.34. The van der Waals surface area contributed by atoms with Gasteiger partial charge in [0, 0.05) is 23.1 Å². The third-order valence-corrected chi connectivity index (χ3v) is 8.37. The Labute approximate surface area is 187 Å². The molecular formula is C27H30NOPSi. The van der Waals surface area contributed by atoms with Crippen molar-refractivity contribution in [2.45, 2.75) is 32.1 Å². The summed E-state index contributed by atoms with van der Waals surface area (Å²) in [4.78, 5) is 0. The first-order valence-electron chi connectivity index (χ1n) is 10.6. The number of nitrogens with one attached hydrogen (secondary N) is 1. The van der Waals surface area contributed by atoms with Crippen LogP contribution in [0, 0.1) is 11.5 Å². The van der Waals surface area contributed by atoms with Gasteiger partial charge in [0.05, 0.1) is 0 Å². The van der Waals surface area contributed by atoms with Gasteiger partial charge in [0.25, 0.3) is 0 Å². The summed E-state index contributed by atoms with van der Waals surface area (Å²) in [5, 5.41) is 5.11. The molecule has 0 aliphatic carbocycles. The molecular weight excluding hydrogens is 413 g/mol. The standard InChI is InChI=1S/C27H30NOPSi/c1-31(2,3)23-13-16-25(22-21-24-14-7-4-8-15-24)28-30(29,26-17-9-5-10-18-26)27-19-11-6-12-20-27/h4-12,14-15,17-22,25H,16H2,1-3H3,(H,28,29)/b22-21+/t25-/m0/s1. The van der Waals surface area contributed by atoms with E-state index in [1.165, 1.54) is 0 Å². The fourth-order valence-corrected chi connectivity index (χ4v) is 6.24. The largest absolute Gasteiger partial charge is 0.297 e. The van der Waals surface area contributed by atoms with E-state index in [1.807, 2.05) is 78.9 Å². The van der Waals surface area contributed by atoms with E-state index in [0.717, 1.165) is 16.2 Å². The van der Waals surface area contributed by atoms with Crippen molar-refractivity contribution in [1.29, 1.82) is 0 Å². The molecule has 0 spiro atoms. The second-order valence-electron chi connectivity index (χ2n) is 8.54. The van der Waals surface area contributed by atoms with Crippen LogP contribution in [0.15, 0.2) is 97.1 Å². The molecule has 0 aliphatic rings. The van der Waals surface area contributed by atoms with E-state index in [1.54, 1.807) is 0 Å². The number of benzene rings is 3. The van der Waals surface area contributed by atoms with Crippen LogP contribution in [-0.2, 0) is 4.57 Å². The van der Waals surface area contributed by atoms with Crippen LogP contribution in [0.4, 0.5) is 0 Å². The average molecular weight is 444 g/mol. The summed E-state index contributed by atoms with van der Waals surface area (Å²) in [7, 11) is -4.52. The number of hydrogen-bond donors (Lipinski definition) is 1. The third kappa shape index (κ3) is 6.94. The second kappa shape index (κ2) is 10.6. The van der Waals surface area contributed by atoms with Crippen molar-refractivity contribution >= 4 is 32.1 Å². The minimum Gasteiger partial charge on any atom is -0.297 e. The minimum atomic E-state index is -3.04. The highest BCUT2D eigenvalue weighted by atomic mass is 31.2. The Bertz CT molecular complexity index is 1050. The Morgan fingerprint density at radius 1 is 0.839 bits per heavy atom. The van der Waals surface area contributed by atoms with Crippen molar-refractivity contribution in [2.24, 2.45) is 0 Å². The van der Waals surface area contributed by atoms with Gasteiger partial charge in [0.2, 0.25) is 7.29 Å². The molecule has 0 fully saturated rings. The maximum atomic E-state index is 14.4. The molecule has 1 N–H and O–H groups in total. The van der Waals surface area contributed by atoms with Gasteiger partial charge in [0.1, 0.15) is 8.07 Å². The molecule has 31 heavy (non-hydrogen) atoms. The number of hydrogen-bond acceptors (Lipinski definition) is 1. The van der Waals surface area contributed by atoms with Gasteiger partial charge in [-0.3, -0.25) is 9.65 Å². The van der Waals surface area contributed by atoms with Gasteiger partial charge in [-0.2, -0.15) is 0 Å². The van der Waals surface area contributed by atoms with Crippen molar-refractivity contribution < 1.29 is 4.57 Å². The molecule has 3 rings (SSSR count). The first-order valence-corrected chi connectivity index (χ1v) is 15.8. The highest BCUT2D eigenvalue weighted by molar-refractivity contribution is 7.76. The van der Waals surface area contributed by atoms with Crippen LogP contribution in [0.25, 0.3) is 6.08 Å². The van der Waals surface area contributed by atoms with E-state index >= 15 is 0 Å². The van der Waals surface area contributed by atoms with Crippen LogP contribution in [0.2, 0.25) is 19.6 Å². The Hall–Kier alpha value is -2.63. The van der Waals surface area contributed by atoms with Crippen LogP contribution in [0.1, 0.15) is 12.0 Å². The van der Waals surface area contributed by atoms with Crippen molar-refractivity contribution in [3.05, 3.63) is 103 Å². The summed E-state index contributed by atoms with van der Waals surface area (Å²) in [5.74, 6) is 3.36. The van der Waals surface area contributed by atoms with Crippen molar-refractivity contribution in [2.75, 3.05) is 0 Å². The molecule has 0 radical (unpaired) electrons. The molecule has 0 heterocycles. The first kappa shape index (κ1) is 23.0. The summed E-state index contributed by atoms with van der Waals surface area (Å²) >= 11 is 0. The van der Waals surface area contributed by atoms with E-state index in [2.05, 4.69) is 60.5 Å². The zero-order chi connectivity index (χ0) is 22.2. The molecule has 4 heteroatoms. The van der Waals surface area contributed by atoms with E-state index in [-0.39, 0.29) is 6.04 Å². The Morgan fingerprint density at radius 3 is 1.81 bits per heavy atom. The second-order valence-corrected chi connectivity index (χ2v) is 15.8. The Balaban J connectivity index is 1.98. The minimum absolute atomic E-state index is 0.143. The van der Waals surface area contributed by atoms with Gasteiger partial charge in [0.15, 0.2) is 0 Å². The molecule has 158 valence electrons. The van der Waals surface area contributed by atoms with Crippen LogP contribution in [0.3, 0.4) is 0 Å². The fraction of sp³-hybridized carbons (Fsp3) is 0.185. The molecule has 0 aliphatic heterocycles. The van der Waals surface area contributed by atoms with E-state index < -0.39 is 15.4 Å². The van der Waals surface area contributed by atoms with Crippen LogP contribution < -0.4 is 15.7 Å². The van der Waals surface area contributed by atoms with Gasteiger partial charge in [-0.05, 0) is 29.8 Å². The van der Waals surface area contributed by atoms with Crippen molar-refractivity contribution in [1.82, 2.24) is 5.09 Å². The lowest BCUT2D eigenvalue weighted by Gasteiger charge is -2.24. The van der Waals surface area contributed by atoms with E-state index in [0.29, 0.717) is 6.42 Å². The topological polar surface area (TPSA) is 29.1 Å². The molecule has 0 saturated heterocycles. The smallest absolute Gasteiger partial charge is 0.205 e. The van der Waals surface area contributed by atoms with Crippen LogP contribution in [0.5, 0.6) is 0 Å². The van der Waals surface area contributed by atoms with Gasteiger partial charge in [-0.15, -0.1) is 11.5 Å².